The fraction of sp³-hybridized carbons (Fsp3) is 0.591. The maximum absolute atomic E-state index is 12.8. The van der Waals surface area contributed by atoms with Gasteiger partial charge in [0.1, 0.15) is 18.2 Å². The second-order valence-electron chi connectivity index (χ2n) is 8.09. The van der Waals surface area contributed by atoms with Crippen molar-refractivity contribution in [1.82, 2.24) is 4.90 Å². The Morgan fingerprint density at radius 3 is 2.14 bits per heavy atom. The summed E-state index contributed by atoms with van der Waals surface area (Å²) >= 11 is 0. The van der Waals surface area contributed by atoms with Crippen molar-refractivity contribution in [2.75, 3.05) is 7.05 Å². The summed E-state index contributed by atoms with van der Waals surface area (Å²) in [6.45, 7) is 10.5. The number of amides is 1. The predicted molar refractivity (Wildman–Crippen MR) is 109 cm³/mol. The quantitative estimate of drug-likeness (QED) is 0.479. The minimum Gasteiger partial charge on any atom is -0.458 e. The summed E-state index contributed by atoms with van der Waals surface area (Å²) < 4.78 is 15.9. The van der Waals surface area contributed by atoms with E-state index < -0.39 is 35.8 Å². The first-order valence-electron chi connectivity index (χ1n) is 9.83. The van der Waals surface area contributed by atoms with Crippen LogP contribution >= 0.6 is 0 Å². The summed E-state index contributed by atoms with van der Waals surface area (Å²) in [7, 11) is 1.49. The molecule has 0 fully saturated rings. The van der Waals surface area contributed by atoms with Gasteiger partial charge >= 0.3 is 18.0 Å². The highest BCUT2D eigenvalue weighted by Crippen LogP contribution is 2.19. The molecular formula is C22H33NO6. The van der Waals surface area contributed by atoms with Gasteiger partial charge in [-0.15, -0.1) is 0 Å². The number of rotatable bonds is 8. The highest BCUT2D eigenvalue weighted by atomic mass is 16.6. The zero-order chi connectivity index (χ0) is 22.2. The Labute approximate surface area is 173 Å². The average molecular weight is 408 g/mol. The lowest BCUT2D eigenvalue weighted by molar-refractivity contribution is -0.171. The van der Waals surface area contributed by atoms with E-state index in [4.69, 9.17) is 14.2 Å². The molecule has 162 valence electrons. The fourth-order valence-corrected chi connectivity index (χ4v) is 2.58. The standard InChI is InChI=1S/C22H33NO6/c1-8-15(2)18(23(7)21(26)29-22(4,5)6)20(25)28-16(3)19(24)27-14-17-12-10-9-11-13-17/h9-13,15-16,18H,8,14H2,1-7H3/t15?,16-,18?/m1/s1. The third kappa shape index (κ3) is 8.13. The normalized spacial score (nSPS) is 14.3. The molecule has 0 N–H and O–H groups in total. The number of hydrogen-bond donors (Lipinski definition) is 0. The van der Waals surface area contributed by atoms with Crippen LogP contribution < -0.4 is 0 Å². The minimum atomic E-state index is -1.09. The van der Waals surface area contributed by atoms with Crippen molar-refractivity contribution < 1.29 is 28.6 Å². The number of carbonyl (C=O) groups excluding carboxylic acids is 3. The first-order valence-corrected chi connectivity index (χ1v) is 9.83. The lowest BCUT2D eigenvalue weighted by atomic mass is 9.98. The van der Waals surface area contributed by atoms with E-state index >= 15 is 0 Å². The van der Waals surface area contributed by atoms with Gasteiger partial charge in [-0.2, -0.15) is 0 Å². The SMILES string of the molecule is CCC(C)C(C(=O)O[C@H](C)C(=O)OCc1ccccc1)N(C)C(=O)OC(C)(C)C. The van der Waals surface area contributed by atoms with Gasteiger partial charge in [0, 0.05) is 7.05 Å². The van der Waals surface area contributed by atoms with Gasteiger partial charge in [-0.25, -0.2) is 14.4 Å². The van der Waals surface area contributed by atoms with Crippen LogP contribution in [0.4, 0.5) is 4.79 Å². The van der Waals surface area contributed by atoms with Gasteiger partial charge in [-0.3, -0.25) is 4.90 Å². The van der Waals surface area contributed by atoms with E-state index in [1.54, 1.807) is 20.8 Å². The molecule has 1 rings (SSSR count). The van der Waals surface area contributed by atoms with Gasteiger partial charge in [-0.05, 0) is 39.2 Å². The molecule has 0 saturated heterocycles. The molecule has 1 amide bonds. The van der Waals surface area contributed by atoms with E-state index in [0.717, 1.165) is 5.56 Å². The summed E-state index contributed by atoms with van der Waals surface area (Å²) in [5.41, 5.74) is 0.144. The van der Waals surface area contributed by atoms with Crippen LogP contribution in [-0.4, -0.2) is 47.7 Å². The smallest absolute Gasteiger partial charge is 0.410 e. The Morgan fingerprint density at radius 1 is 1.03 bits per heavy atom. The number of carbonyl (C=O) groups is 3. The van der Waals surface area contributed by atoms with Gasteiger partial charge in [0.15, 0.2) is 6.10 Å². The summed E-state index contributed by atoms with van der Waals surface area (Å²) in [5.74, 6) is -1.51. The van der Waals surface area contributed by atoms with Crippen molar-refractivity contribution in [3.8, 4) is 0 Å². The maximum atomic E-state index is 12.8. The van der Waals surface area contributed by atoms with E-state index in [2.05, 4.69) is 0 Å². The molecular weight excluding hydrogens is 374 g/mol. The van der Waals surface area contributed by atoms with Crippen molar-refractivity contribution >= 4 is 18.0 Å². The number of hydrogen-bond acceptors (Lipinski definition) is 6. The highest BCUT2D eigenvalue weighted by molar-refractivity contribution is 5.84. The van der Waals surface area contributed by atoms with Crippen LogP contribution in [0.2, 0.25) is 0 Å². The minimum absolute atomic E-state index is 0.0914. The summed E-state index contributed by atoms with van der Waals surface area (Å²) in [6, 6.07) is 8.34. The number of likely N-dealkylation sites (N-methyl/N-ethyl adjacent to an activating group) is 1. The van der Waals surface area contributed by atoms with E-state index in [9.17, 15) is 14.4 Å². The lowest BCUT2D eigenvalue weighted by Gasteiger charge is -2.32. The molecule has 2 unspecified atom stereocenters. The Bertz CT molecular complexity index is 682. The molecule has 0 radical (unpaired) electrons. The molecule has 3 atom stereocenters. The van der Waals surface area contributed by atoms with Crippen LogP contribution in [0.1, 0.15) is 53.5 Å². The molecule has 1 aromatic rings. The second kappa shape index (κ2) is 10.8. The molecule has 1 aromatic carbocycles. The number of nitrogens with zero attached hydrogens (tertiary/aromatic N) is 1. The molecule has 7 nitrogen and oxygen atoms in total. The summed E-state index contributed by atoms with van der Waals surface area (Å²) in [4.78, 5) is 38.6. The zero-order valence-corrected chi connectivity index (χ0v) is 18.4. The molecule has 0 heterocycles. The van der Waals surface area contributed by atoms with Crippen LogP contribution in [0.5, 0.6) is 0 Å². The van der Waals surface area contributed by atoms with Crippen molar-refractivity contribution in [1.29, 1.82) is 0 Å². The third-order valence-corrected chi connectivity index (χ3v) is 4.37. The van der Waals surface area contributed by atoms with E-state index in [0.29, 0.717) is 6.42 Å². The van der Waals surface area contributed by atoms with Gasteiger partial charge in [-0.1, -0.05) is 50.6 Å². The summed E-state index contributed by atoms with van der Waals surface area (Å²) in [6.07, 6.45) is -1.08. The highest BCUT2D eigenvalue weighted by Gasteiger charge is 2.36. The Balaban J connectivity index is 2.75. The van der Waals surface area contributed by atoms with Gasteiger partial charge < -0.3 is 14.2 Å². The first-order chi connectivity index (χ1) is 13.5. The average Bonchev–Trinajstić information content (AvgIpc) is 2.65. The van der Waals surface area contributed by atoms with E-state index in [-0.39, 0.29) is 12.5 Å². The largest absolute Gasteiger partial charge is 0.458 e. The van der Waals surface area contributed by atoms with E-state index in [1.165, 1.54) is 18.9 Å². The zero-order valence-electron chi connectivity index (χ0n) is 18.4. The van der Waals surface area contributed by atoms with Crippen LogP contribution in [0, 0.1) is 5.92 Å². The van der Waals surface area contributed by atoms with Gasteiger partial charge in [0.25, 0.3) is 0 Å². The van der Waals surface area contributed by atoms with Gasteiger partial charge in [0.05, 0.1) is 0 Å². The molecule has 0 aliphatic heterocycles. The topological polar surface area (TPSA) is 82.1 Å². The molecule has 0 aliphatic rings. The Morgan fingerprint density at radius 2 is 1.62 bits per heavy atom. The number of benzene rings is 1. The van der Waals surface area contributed by atoms with Crippen molar-refractivity contribution in [2.24, 2.45) is 5.92 Å². The molecule has 29 heavy (non-hydrogen) atoms. The first kappa shape index (κ1) is 24.5. The van der Waals surface area contributed by atoms with Crippen LogP contribution in [0.15, 0.2) is 30.3 Å². The second-order valence-corrected chi connectivity index (χ2v) is 8.09. The molecule has 0 saturated carbocycles. The molecule has 0 aromatic heterocycles. The van der Waals surface area contributed by atoms with Crippen LogP contribution in [0.25, 0.3) is 0 Å². The Kier molecular flexibility index (Phi) is 9.14. The van der Waals surface area contributed by atoms with Gasteiger partial charge in [0.2, 0.25) is 0 Å². The van der Waals surface area contributed by atoms with Crippen molar-refractivity contribution in [3.63, 3.8) is 0 Å². The predicted octanol–water partition coefficient (Wildman–Crippen LogP) is 3.94. The lowest BCUT2D eigenvalue weighted by Crippen LogP contribution is -2.49. The van der Waals surface area contributed by atoms with Crippen molar-refractivity contribution in [3.05, 3.63) is 35.9 Å². The molecule has 0 aliphatic carbocycles. The maximum Gasteiger partial charge on any atom is 0.410 e. The monoisotopic (exact) mass is 407 g/mol. The molecule has 0 spiro atoms. The van der Waals surface area contributed by atoms with E-state index in [1.807, 2.05) is 44.2 Å². The fourth-order valence-electron chi connectivity index (χ4n) is 2.58. The van der Waals surface area contributed by atoms with Crippen molar-refractivity contribution in [2.45, 2.75) is 72.3 Å². The van der Waals surface area contributed by atoms with Crippen LogP contribution in [0.3, 0.4) is 0 Å². The number of esters is 2. The van der Waals surface area contributed by atoms with Crippen LogP contribution in [-0.2, 0) is 30.4 Å². The number of ether oxygens (including phenoxy) is 3. The Hall–Kier alpha value is -2.57. The third-order valence-electron chi connectivity index (χ3n) is 4.37. The summed E-state index contributed by atoms with van der Waals surface area (Å²) in [5, 5.41) is 0. The molecule has 0 bridgehead atoms. The molecule has 7 heteroatoms.